The number of anilines is 1. The number of carbonyl (C=O) groups excluding carboxylic acids is 1. The number of furan rings is 1. The molecule has 6 heteroatoms. The molecular formula is C19H24N4O2. The number of likely N-dealkylation sites (tertiary alicyclic amines) is 1. The first kappa shape index (κ1) is 16.1. The van der Waals surface area contributed by atoms with Gasteiger partial charge in [-0.25, -0.2) is 9.97 Å². The lowest BCUT2D eigenvalue weighted by Crippen LogP contribution is -2.51. The van der Waals surface area contributed by atoms with Crippen LogP contribution in [-0.2, 0) is 0 Å². The van der Waals surface area contributed by atoms with Crippen molar-refractivity contribution >= 4 is 11.9 Å². The van der Waals surface area contributed by atoms with Gasteiger partial charge < -0.3 is 14.2 Å². The van der Waals surface area contributed by atoms with E-state index in [-0.39, 0.29) is 11.3 Å². The Morgan fingerprint density at radius 3 is 2.60 bits per heavy atom. The molecule has 25 heavy (non-hydrogen) atoms. The molecule has 0 aromatic carbocycles. The fraction of sp³-hybridized carbons (Fsp3) is 0.526. The Balaban J connectivity index is 1.42. The van der Waals surface area contributed by atoms with Crippen LogP contribution in [0.4, 0.5) is 5.95 Å². The third kappa shape index (κ3) is 3.13. The van der Waals surface area contributed by atoms with Crippen molar-refractivity contribution in [3.8, 4) is 0 Å². The Labute approximate surface area is 147 Å². The van der Waals surface area contributed by atoms with E-state index in [0.29, 0.717) is 11.3 Å². The first-order valence-corrected chi connectivity index (χ1v) is 9.02. The Bertz CT molecular complexity index is 735. The van der Waals surface area contributed by atoms with Crippen LogP contribution in [0.15, 0.2) is 35.2 Å². The number of aromatic nitrogens is 2. The number of carbonyl (C=O) groups is 1. The van der Waals surface area contributed by atoms with Gasteiger partial charge in [-0.3, -0.25) is 4.79 Å². The first-order valence-electron chi connectivity index (χ1n) is 9.02. The van der Waals surface area contributed by atoms with E-state index >= 15 is 0 Å². The van der Waals surface area contributed by atoms with Crippen molar-refractivity contribution in [2.45, 2.75) is 32.6 Å². The number of rotatable bonds is 2. The molecule has 2 saturated heterocycles. The van der Waals surface area contributed by atoms with Gasteiger partial charge >= 0.3 is 0 Å². The molecule has 0 N–H and O–H groups in total. The zero-order valence-electron chi connectivity index (χ0n) is 14.6. The van der Waals surface area contributed by atoms with Crippen LogP contribution >= 0.6 is 0 Å². The van der Waals surface area contributed by atoms with E-state index < -0.39 is 0 Å². The van der Waals surface area contributed by atoms with Crippen LogP contribution in [0.1, 0.15) is 41.8 Å². The van der Waals surface area contributed by atoms with Gasteiger partial charge in [0, 0.05) is 38.6 Å². The van der Waals surface area contributed by atoms with Crippen LogP contribution in [0, 0.1) is 12.3 Å². The average molecular weight is 340 g/mol. The summed E-state index contributed by atoms with van der Waals surface area (Å²) in [6.45, 7) is 5.48. The molecule has 2 aromatic rings. The van der Waals surface area contributed by atoms with Gasteiger partial charge in [0.2, 0.25) is 5.95 Å². The van der Waals surface area contributed by atoms with Crippen molar-refractivity contribution in [2.75, 3.05) is 31.1 Å². The second kappa shape index (κ2) is 6.50. The Morgan fingerprint density at radius 2 is 1.92 bits per heavy atom. The second-order valence-corrected chi connectivity index (χ2v) is 7.26. The highest BCUT2D eigenvalue weighted by molar-refractivity contribution is 5.95. The van der Waals surface area contributed by atoms with Gasteiger partial charge in [0.1, 0.15) is 5.76 Å². The molecule has 0 aliphatic carbocycles. The van der Waals surface area contributed by atoms with Crippen LogP contribution in [-0.4, -0.2) is 47.0 Å². The van der Waals surface area contributed by atoms with Gasteiger partial charge in [-0.15, -0.1) is 0 Å². The molecular weight excluding hydrogens is 316 g/mol. The summed E-state index contributed by atoms with van der Waals surface area (Å²) in [7, 11) is 0. The molecule has 2 aliphatic heterocycles. The van der Waals surface area contributed by atoms with E-state index in [1.165, 1.54) is 6.42 Å². The van der Waals surface area contributed by atoms with Crippen LogP contribution in [0.5, 0.6) is 0 Å². The maximum Gasteiger partial charge on any atom is 0.257 e. The monoisotopic (exact) mass is 340 g/mol. The zero-order chi connectivity index (χ0) is 17.3. The second-order valence-electron chi connectivity index (χ2n) is 7.26. The minimum Gasteiger partial charge on any atom is -0.469 e. The van der Waals surface area contributed by atoms with Gasteiger partial charge in [-0.2, -0.15) is 0 Å². The zero-order valence-corrected chi connectivity index (χ0v) is 14.6. The summed E-state index contributed by atoms with van der Waals surface area (Å²) >= 11 is 0. The number of hydrogen-bond acceptors (Lipinski definition) is 5. The Hall–Kier alpha value is -2.37. The third-order valence-corrected chi connectivity index (χ3v) is 5.70. The van der Waals surface area contributed by atoms with E-state index in [1.807, 2.05) is 17.9 Å². The van der Waals surface area contributed by atoms with Crippen LogP contribution < -0.4 is 4.90 Å². The molecule has 0 bridgehead atoms. The molecule has 0 atom stereocenters. The molecule has 0 radical (unpaired) electrons. The average Bonchev–Trinajstić information content (AvgIpc) is 3.09. The van der Waals surface area contributed by atoms with E-state index in [9.17, 15) is 4.79 Å². The molecule has 2 aliphatic rings. The quantitative estimate of drug-likeness (QED) is 0.841. The summed E-state index contributed by atoms with van der Waals surface area (Å²) in [6.07, 6.45) is 9.66. The van der Waals surface area contributed by atoms with Gasteiger partial charge in [-0.1, -0.05) is 0 Å². The van der Waals surface area contributed by atoms with Crippen molar-refractivity contribution in [1.29, 1.82) is 0 Å². The topological polar surface area (TPSA) is 62.5 Å². The minimum atomic E-state index is 0.0974. The molecule has 132 valence electrons. The predicted molar refractivity (Wildman–Crippen MR) is 94.5 cm³/mol. The Morgan fingerprint density at radius 1 is 1.16 bits per heavy atom. The van der Waals surface area contributed by atoms with Gasteiger partial charge in [0.05, 0.1) is 11.8 Å². The molecule has 2 aromatic heterocycles. The number of aryl methyl sites for hydroxylation is 1. The normalized spacial score (nSPS) is 20.0. The summed E-state index contributed by atoms with van der Waals surface area (Å²) < 4.78 is 5.28. The Kier molecular flexibility index (Phi) is 4.19. The maximum atomic E-state index is 12.7. The highest BCUT2D eigenvalue weighted by Gasteiger charge is 2.40. The van der Waals surface area contributed by atoms with E-state index in [2.05, 4.69) is 14.9 Å². The summed E-state index contributed by atoms with van der Waals surface area (Å²) in [4.78, 5) is 25.8. The predicted octanol–water partition coefficient (Wildman–Crippen LogP) is 2.90. The highest BCUT2D eigenvalue weighted by atomic mass is 16.3. The first-order chi connectivity index (χ1) is 12.2. The van der Waals surface area contributed by atoms with Gasteiger partial charge in [0.25, 0.3) is 5.91 Å². The van der Waals surface area contributed by atoms with Crippen molar-refractivity contribution in [3.05, 3.63) is 42.1 Å². The van der Waals surface area contributed by atoms with E-state index in [0.717, 1.165) is 51.4 Å². The fourth-order valence-corrected chi connectivity index (χ4v) is 4.20. The van der Waals surface area contributed by atoms with Crippen molar-refractivity contribution in [3.63, 3.8) is 0 Å². The standard InChI is InChI=1S/C19H24N4O2/c1-15-16(4-13-25-15)17(24)22-11-6-19(7-12-22)5-2-10-23(14-19)18-20-8-3-9-21-18/h3-4,8-9,13H,2,5-7,10-12,14H2,1H3. The van der Waals surface area contributed by atoms with Crippen molar-refractivity contribution in [1.82, 2.24) is 14.9 Å². The molecule has 2 fully saturated rings. The van der Waals surface area contributed by atoms with Crippen LogP contribution in [0.2, 0.25) is 0 Å². The van der Waals surface area contributed by atoms with Gasteiger partial charge in [0.15, 0.2) is 0 Å². The molecule has 0 saturated carbocycles. The molecule has 4 rings (SSSR count). The molecule has 1 spiro atoms. The third-order valence-electron chi connectivity index (χ3n) is 5.70. The minimum absolute atomic E-state index is 0.0974. The number of hydrogen-bond donors (Lipinski definition) is 0. The van der Waals surface area contributed by atoms with Crippen molar-refractivity contribution in [2.24, 2.45) is 5.41 Å². The molecule has 4 heterocycles. The fourth-order valence-electron chi connectivity index (χ4n) is 4.20. The van der Waals surface area contributed by atoms with Crippen LogP contribution in [0.25, 0.3) is 0 Å². The van der Waals surface area contributed by atoms with Crippen LogP contribution in [0.3, 0.4) is 0 Å². The maximum absolute atomic E-state index is 12.7. The summed E-state index contributed by atoms with van der Waals surface area (Å²) in [5.41, 5.74) is 0.971. The SMILES string of the molecule is Cc1occc1C(=O)N1CCC2(CCCN(c3ncccn3)C2)CC1. The lowest BCUT2D eigenvalue weighted by atomic mass is 9.72. The molecule has 6 nitrogen and oxygen atoms in total. The molecule has 0 unspecified atom stereocenters. The largest absolute Gasteiger partial charge is 0.469 e. The summed E-state index contributed by atoms with van der Waals surface area (Å²) in [6, 6.07) is 3.63. The lowest BCUT2D eigenvalue weighted by Gasteiger charge is -2.47. The number of amides is 1. The van der Waals surface area contributed by atoms with E-state index in [4.69, 9.17) is 4.42 Å². The molecule has 1 amide bonds. The smallest absolute Gasteiger partial charge is 0.257 e. The number of nitrogens with zero attached hydrogens (tertiary/aromatic N) is 4. The van der Waals surface area contributed by atoms with E-state index in [1.54, 1.807) is 24.7 Å². The summed E-state index contributed by atoms with van der Waals surface area (Å²) in [5.74, 6) is 1.63. The number of piperidine rings is 2. The lowest BCUT2D eigenvalue weighted by molar-refractivity contribution is 0.0538. The van der Waals surface area contributed by atoms with Gasteiger partial charge in [-0.05, 0) is 50.2 Å². The van der Waals surface area contributed by atoms with Crippen molar-refractivity contribution < 1.29 is 9.21 Å². The highest BCUT2D eigenvalue weighted by Crippen LogP contribution is 2.40. The summed E-state index contributed by atoms with van der Waals surface area (Å²) in [5, 5.41) is 0.